The van der Waals surface area contributed by atoms with E-state index in [1.807, 2.05) is 64.8 Å². The monoisotopic (exact) mass is 389 g/mol. The number of amides is 1. The van der Waals surface area contributed by atoms with Gasteiger partial charge in [0.25, 0.3) is 5.91 Å². The molecule has 0 spiro atoms. The number of nitrogens with one attached hydrogen (secondary N) is 2. The molecule has 0 aliphatic heterocycles. The molecule has 7 heteroatoms. The predicted octanol–water partition coefficient (Wildman–Crippen LogP) is 2.64. The first kappa shape index (κ1) is 18.9. The van der Waals surface area contributed by atoms with Crippen molar-refractivity contribution in [3.63, 3.8) is 0 Å². The van der Waals surface area contributed by atoms with Crippen LogP contribution in [0.4, 0.5) is 0 Å². The molecule has 0 atom stereocenters. The van der Waals surface area contributed by atoms with Gasteiger partial charge in [-0.15, -0.1) is 5.10 Å². The summed E-state index contributed by atoms with van der Waals surface area (Å²) in [6.45, 7) is 4.67. The average Bonchev–Trinajstić information content (AvgIpc) is 3.32. The first-order valence-corrected chi connectivity index (χ1v) is 9.79. The number of fused-ring (bicyclic) bond motifs is 1. The Morgan fingerprint density at radius 3 is 2.76 bits per heavy atom. The second kappa shape index (κ2) is 7.87. The molecule has 3 aromatic heterocycles. The molecular formula is C22H25N6O+. The second-order valence-corrected chi connectivity index (χ2v) is 7.40. The molecule has 4 rings (SSSR count). The molecule has 3 heterocycles. The number of carbonyl (C=O) groups is 1. The summed E-state index contributed by atoms with van der Waals surface area (Å²) >= 11 is 0. The third kappa shape index (κ3) is 3.76. The third-order valence-electron chi connectivity index (χ3n) is 4.97. The maximum atomic E-state index is 12.7. The first-order valence-electron chi connectivity index (χ1n) is 9.79. The number of rotatable bonds is 6. The zero-order valence-corrected chi connectivity index (χ0v) is 16.9. The van der Waals surface area contributed by atoms with Gasteiger partial charge in [0.1, 0.15) is 11.4 Å². The molecule has 148 valence electrons. The van der Waals surface area contributed by atoms with Crippen molar-refractivity contribution in [1.29, 1.82) is 0 Å². The minimum absolute atomic E-state index is 0.137. The van der Waals surface area contributed by atoms with E-state index in [0.29, 0.717) is 24.2 Å². The highest BCUT2D eigenvalue weighted by atomic mass is 16.1. The van der Waals surface area contributed by atoms with Crippen LogP contribution in [0.3, 0.4) is 0 Å². The van der Waals surface area contributed by atoms with Gasteiger partial charge in [-0.25, -0.2) is 9.38 Å². The van der Waals surface area contributed by atoms with Crippen LogP contribution in [0.15, 0.2) is 54.9 Å². The molecule has 29 heavy (non-hydrogen) atoms. The van der Waals surface area contributed by atoms with Gasteiger partial charge in [-0.05, 0) is 12.1 Å². The number of H-pyrrole nitrogens is 1. The van der Waals surface area contributed by atoms with Crippen LogP contribution in [0, 0.1) is 0 Å². The summed E-state index contributed by atoms with van der Waals surface area (Å²) in [5.74, 6) is 2.04. The van der Waals surface area contributed by atoms with E-state index in [9.17, 15) is 4.79 Å². The highest BCUT2D eigenvalue weighted by Crippen LogP contribution is 2.17. The molecule has 0 fully saturated rings. The number of aromatic nitrogens is 5. The van der Waals surface area contributed by atoms with E-state index < -0.39 is 0 Å². The zero-order valence-electron chi connectivity index (χ0n) is 16.9. The van der Waals surface area contributed by atoms with Crippen LogP contribution in [0.1, 0.15) is 41.8 Å². The lowest BCUT2D eigenvalue weighted by atomic mass is 10.2. The van der Waals surface area contributed by atoms with Crippen molar-refractivity contribution < 1.29 is 9.20 Å². The molecule has 7 nitrogen and oxygen atoms in total. The van der Waals surface area contributed by atoms with Gasteiger partial charge in [0.2, 0.25) is 5.82 Å². The van der Waals surface area contributed by atoms with Crippen molar-refractivity contribution in [3.8, 4) is 11.3 Å². The van der Waals surface area contributed by atoms with E-state index in [1.54, 1.807) is 6.07 Å². The van der Waals surface area contributed by atoms with Crippen LogP contribution in [-0.2, 0) is 13.5 Å². The Bertz CT molecular complexity index is 1140. The molecule has 0 aliphatic rings. The van der Waals surface area contributed by atoms with Gasteiger partial charge in [0.15, 0.2) is 0 Å². The van der Waals surface area contributed by atoms with Crippen LogP contribution in [0.2, 0.25) is 0 Å². The Kier molecular flexibility index (Phi) is 5.12. The lowest BCUT2D eigenvalue weighted by Gasteiger charge is -2.05. The number of pyridine rings is 1. The van der Waals surface area contributed by atoms with Gasteiger partial charge in [-0.1, -0.05) is 44.2 Å². The lowest BCUT2D eigenvalue weighted by molar-refractivity contribution is -0.523. The standard InChI is InChI=1S/C22H24N6O/c1-15(2)20-25-26-21-17(10-7-13-28(20)21)22(29)23-12-11-19-24-18(14-27(19)3)16-8-5-4-6-9-16/h4-10,13-15H,11-12H2,1-3H3,(H,23,29)/p+1. The number of carbonyl (C=O) groups excluding carboxylic acids is 1. The lowest BCUT2D eigenvalue weighted by Crippen LogP contribution is -2.31. The van der Waals surface area contributed by atoms with Gasteiger partial charge < -0.3 is 9.88 Å². The fourth-order valence-corrected chi connectivity index (χ4v) is 3.43. The van der Waals surface area contributed by atoms with Gasteiger partial charge in [-0.2, -0.15) is 0 Å². The number of aryl methyl sites for hydroxylation is 1. The second-order valence-electron chi connectivity index (χ2n) is 7.40. The SMILES string of the molecule is CC(C)c1[nH]nc2c(C(=O)NCCc3nc(-c4ccccc4)cn3C)ccc[n+]12. The predicted molar refractivity (Wildman–Crippen MR) is 111 cm³/mol. The van der Waals surface area contributed by atoms with Crippen LogP contribution in [0.25, 0.3) is 16.9 Å². The van der Waals surface area contributed by atoms with E-state index in [4.69, 9.17) is 4.98 Å². The summed E-state index contributed by atoms with van der Waals surface area (Å²) in [4.78, 5) is 17.4. The molecule has 2 N–H and O–H groups in total. The van der Waals surface area contributed by atoms with E-state index in [2.05, 4.69) is 29.4 Å². The Labute approximate surface area is 169 Å². The van der Waals surface area contributed by atoms with Crippen molar-refractivity contribution in [2.45, 2.75) is 26.2 Å². The molecule has 1 amide bonds. The van der Waals surface area contributed by atoms with Gasteiger partial charge in [-0.3, -0.25) is 4.79 Å². The van der Waals surface area contributed by atoms with Crippen LogP contribution in [0.5, 0.6) is 0 Å². The number of benzene rings is 1. The maximum absolute atomic E-state index is 12.7. The summed E-state index contributed by atoms with van der Waals surface area (Å²) in [6.07, 6.45) is 4.58. The topological polar surface area (TPSA) is 79.7 Å². The normalized spacial score (nSPS) is 11.3. The zero-order chi connectivity index (χ0) is 20.4. The molecule has 0 aliphatic carbocycles. The smallest absolute Gasteiger partial charge is 0.318 e. The quantitative estimate of drug-likeness (QED) is 0.498. The highest BCUT2D eigenvalue weighted by Gasteiger charge is 2.22. The van der Waals surface area contributed by atoms with E-state index in [0.717, 1.165) is 22.9 Å². The fraction of sp³-hybridized carbons (Fsp3) is 0.273. The molecule has 0 unspecified atom stereocenters. The number of aromatic amines is 1. The summed E-state index contributed by atoms with van der Waals surface area (Å²) < 4.78 is 3.94. The number of imidazole rings is 1. The van der Waals surface area contributed by atoms with Crippen molar-refractivity contribution >= 4 is 11.6 Å². The van der Waals surface area contributed by atoms with E-state index in [1.165, 1.54) is 0 Å². The highest BCUT2D eigenvalue weighted by molar-refractivity contribution is 5.98. The van der Waals surface area contributed by atoms with E-state index >= 15 is 0 Å². The molecule has 0 bridgehead atoms. The summed E-state index contributed by atoms with van der Waals surface area (Å²) in [6, 6.07) is 13.7. The van der Waals surface area contributed by atoms with Crippen molar-refractivity contribution in [1.82, 2.24) is 25.1 Å². The van der Waals surface area contributed by atoms with Crippen LogP contribution >= 0.6 is 0 Å². The molecule has 0 saturated heterocycles. The summed E-state index contributed by atoms with van der Waals surface area (Å²) in [5, 5.41) is 10.4. The van der Waals surface area contributed by atoms with Crippen molar-refractivity contribution in [2.75, 3.05) is 6.54 Å². The minimum Gasteiger partial charge on any atom is -0.351 e. The molecule has 0 saturated carbocycles. The van der Waals surface area contributed by atoms with E-state index in [-0.39, 0.29) is 11.8 Å². The fourth-order valence-electron chi connectivity index (χ4n) is 3.43. The number of hydrogen-bond donors (Lipinski definition) is 2. The maximum Gasteiger partial charge on any atom is 0.318 e. The van der Waals surface area contributed by atoms with Crippen molar-refractivity contribution in [2.24, 2.45) is 7.05 Å². The Hall–Kier alpha value is -3.48. The van der Waals surface area contributed by atoms with Gasteiger partial charge in [0, 0.05) is 42.8 Å². The third-order valence-corrected chi connectivity index (χ3v) is 4.97. The average molecular weight is 389 g/mol. The Balaban J connectivity index is 1.45. The van der Waals surface area contributed by atoms with Gasteiger partial charge >= 0.3 is 5.65 Å². The molecule has 0 radical (unpaired) electrons. The van der Waals surface area contributed by atoms with Crippen molar-refractivity contribution in [3.05, 3.63) is 72.1 Å². The minimum atomic E-state index is -0.137. The van der Waals surface area contributed by atoms with Crippen LogP contribution < -0.4 is 9.72 Å². The summed E-state index contributed by atoms with van der Waals surface area (Å²) in [5.41, 5.74) is 3.22. The number of hydrogen-bond acceptors (Lipinski definition) is 3. The molecular weight excluding hydrogens is 364 g/mol. The van der Waals surface area contributed by atoms with Gasteiger partial charge in [0.05, 0.1) is 11.9 Å². The number of nitrogens with zero attached hydrogens (tertiary/aromatic N) is 4. The first-order chi connectivity index (χ1) is 14.0. The Morgan fingerprint density at radius 2 is 2.00 bits per heavy atom. The largest absolute Gasteiger partial charge is 0.351 e. The Morgan fingerprint density at radius 1 is 1.21 bits per heavy atom. The molecule has 1 aromatic carbocycles. The molecule has 4 aromatic rings. The summed E-state index contributed by atoms with van der Waals surface area (Å²) in [7, 11) is 1.98. The van der Waals surface area contributed by atoms with Crippen LogP contribution in [-0.4, -0.2) is 32.2 Å².